The summed E-state index contributed by atoms with van der Waals surface area (Å²) in [6.45, 7) is 3.74. The molecule has 0 spiro atoms. The van der Waals surface area contributed by atoms with Gasteiger partial charge in [-0.15, -0.1) is 0 Å². The molecule has 1 aromatic heterocycles. The highest BCUT2D eigenvalue weighted by Gasteiger charge is 2.17. The van der Waals surface area contributed by atoms with Crippen molar-refractivity contribution >= 4 is 15.9 Å². The minimum atomic E-state index is -0.164. The lowest BCUT2D eigenvalue weighted by Gasteiger charge is -2.17. The fourth-order valence-electron chi connectivity index (χ4n) is 2.31. The van der Waals surface area contributed by atoms with Crippen molar-refractivity contribution < 1.29 is 4.39 Å². The number of aromatic nitrogens is 2. The summed E-state index contributed by atoms with van der Waals surface area (Å²) in [6, 6.07) is 5.44. The van der Waals surface area contributed by atoms with Crippen LogP contribution in [0.3, 0.4) is 0 Å². The molecule has 0 aliphatic rings. The molecule has 108 valence electrons. The summed E-state index contributed by atoms with van der Waals surface area (Å²) in [6.07, 6.45) is 0.747. The monoisotopic (exact) mass is 339 g/mol. The van der Waals surface area contributed by atoms with Crippen LogP contribution in [0.25, 0.3) is 0 Å². The third kappa shape index (κ3) is 2.94. The first-order valence-electron chi connectivity index (χ1n) is 6.55. The largest absolute Gasteiger partial charge is 0.313 e. The maximum Gasteiger partial charge on any atom is 0.126 e. The molecule has 0 saturated carbocycles. The van der Waals surface area contributed by atoms with Gasteiger partial charge in [0.25, 0.3) is 0 Å². The Morgan fingerprint density at radius 3 is 2.60 bits per heavy atom. The Balaban J connectivity index is 2.31. The maximum atomic E-state index is 13.7. The third-order valence-electron chi connectivity index (χ3n) is 3.61. The van der Waals surface area contributed by atoms with E-state index in [4.69, 9.17) is 0 Å². The highest BCUT2D eigenvalue weighted by molar-refractivity contribution is 9.10. The molecule has 5 heteroatoms. The lowest BCUT2D eigenvalue weighted by molar-refractivity contribution is 0.551. The van der Waals surface area contributed by atoms with Crippen LogP contribution in [-0.2, 0) is 13.5 Å². The molecule has 1 unspecified atom stereocenters. The van der Waals surface area contributed by atoms with Crippen LogP contribution in [0.5, 0.6) is 0 Å². The second-order valence-electron chi connectivity index (χ2n) is 5.02. The van der Waals surface area contributed by atoms with Gasteiger partial charge in [-0.3, -0.25) is 4.68 Å². The molecule has 2 aromatic rings. The van der Waals surface area contributed by atoms with Gasteiger partial charge >= 0.3 is 0 Å². The average Bonchev–Trinajstić information content (AvgIpc) is 2.65. The maximum absolute atomic E-state index is 13.7. The first-order valence-corrected chi connectivity index (χ1v) is 7.34. The molecule has 0 radical (unpaired) electrons. The van der Waals surface area contributed by atoms with Crippen molar-refractivity contribution in [1.29, 1.82) is 0 Å². The molecule has 1 aromatic carbocycles. The van der Waals surface area contributed by atoms with Crippen molar-refractivity contribution in [2.45, 2.75) is 26.3 Å². The van der Waals surface area contributed by atoms with E-state index in [1.165, 1.54) is 0 Å². The van der Waals surface area contributed by atoms with E-state index in [1.54, 1.807) is 13.0 Å². The number of nitrogens with zero attached hydrogens (tertiary/aromatic N) is 2. The number of aryl methyl sites for hydroxylation is 3. The van der Waals surface area contributed by atoms with E-state index in [2.05, 4.69) is 26.3 Å². The Kier molecular flexibility index (Phi) is 4.60. The number of hydrogen-bond acceptors (Lipinski definition) is 2. The van der Waals surface area contributed by atoms with E-state index < -0.39 is 0 Å². The molecule has 0 aliphatic carbocycles. The van der Waals surface area contributed by atoms with Gasteiger partial charge in [0.05, 0.1) is 15.9 Å². The summed E-state index contributed by atoms with van der Waals surface area (Å²) < 4.78 is 16.6. The van der Waals surface area contributed by atoms with Gasteiger partial charge in [0.1, 0.15) is 5.82 Å². The summed E-state index contributed by atoms with van der Waals surface area (Å²) in [5.74, 6) is -0.164. The van der Waals surface area contributed by atoms with Gasteiger partial charge in [-0.25, -0.2) is 4.39 Å². The number of halogens is 2. The lowest BCUT2D eigenvalue weighted by atomic mass is 10.0. The molecule has 0 bridgehead atoms. The summed E-state index contributed by atoms with van der Waals surface area (Å²) in [4.78, 5) is 0. The first-order chi connectivity index (χ1) is 9.43. The predicted molar refractivity (Wildman–Crippen MR) is 82.3 cm³/mol. The van der Waals surface area contributed by atoms with Gasteiger partial charge in [0, 0.05) is 19.5 Å². The van der Waals surface area contributed by atoms with Gasteiger partial charge in [0.2, 0.25) is 0 Å². The van der Waals surface area contributed by atoms with Crippen LogP contribution in [0.2, 0.25) is 0 Å². The van der Waals surface area contributed by atoms with Crippen LogP contribution in [-0.4, -0.2) is 16.8 Å². The third-order valence-corrected chi connectivity index (χ3v) is 4.64. The molecule has 2 rings (SSSR count). The van der Waals surface area contributed by atoms with Crippen LogP contribution in [0, 0.1) is 19.7 Å². The van der Waals surface area contributed by atoms with E-state index in [1.807, 2.05) is 37.8 Å². The Morgan fingerprint density at radius 2 is 2.10 bits per heavy atom. The standard InChI is InChI=1S/C15H19BrFN3/c1-9-5-6-11(7-12(9)17)13(18-3)8-14-15(16)10(2)19-20(14)4/h5-7,13,18H,8H2,1-4H3. The van der Waals surface area contributed by atoms with Crippen LogP contribution < -0.4 is 5.32 Å². The van der Waals surface area contributed by atoms with Crippen molar-refractivity contribution in [3.8, 4) is 0 Å². The van der Waals surface area contributed by atoms with Crippen LogP contribution in [0.1, 0.15) is 28.6 Å². The fraction of sp³-hybridized carbons (Fsp3) is 0.400. The topological polar surface area (TPSA) is 29.9 Å². The predicted octanol–water partition coefficient (Wildman–Crippen LogP) is 3.44. The van der Waals surface area contributed by atoms with Crippen LogP contribution in [0.4, 0.5) is 4.39 Å². The molecule has 1 heterocycles. The number of rotatable bonds is 4. The van der Waals surface area contributed by atoms with Crippen molar-refractivity contribution in [2.75, 3.05) is 7.05 Å². The quantitative estimate of drug-likeness (QED) is 0.924. The summed E-state index contributed by atoms with van der Waals surface area (Å²) >= 11 is 3.57. The van der Waals surface area contributed by atoms with Crippen molar-refractivity contribution in [1.82, 2.24) is 15.1 Å². The van der Waals surface area contributed by atoms with Gasteiger partial charge in [-0.1, -0.05) is 12.1 Å². The zero-order valence-electron chi connectivity index (χ0n) is 12.2. The number of nitrogens with one attached hydrogen (secondary N) is 1. The Labute approximate surface area is 127 Å². The molecule has 0 aliphatic heterocycles. The first kappa shape index (κ1) is 15.2. The molecular weight excluding hydrogens is 321 g/mol. The molecule has 20 heavy (non-hydrogen) atoms. The van der Waals surface area contributed by atoms with Crippen molar-refractivity contribution in [3.63, 3.8) is 0 Å². The van der Waals surface area contributed by atoms with Crippen molar-refractivity contribution in [2.24, 2.45) is 7.05 Å². The molecular formula is C15H19BrFN3. The Morgan fingerprint density at radius 1 is 1.40 bits per heavy atom. The zero-order valence-corrected chi connectivity index (χ0v) is 13.8. The molecule has 1 atom stereocenters. The molecule has 0 fully saturated rings. The SMILES string of the molecule is CNC(Cc1c(Br)c(C)nn1C)c1ccc(C)c(F)c1. The van der Waals surface area contributed by atoms with Gasteiger partial charge in [-0.2, -0.15) is 5.10 Å². The van der Waals surface area contributed by atoms with E-state index >= 15 is 0 Å². The fourth-order valence-corrected chi connectivity index (χ4v) is 2.81. The van der Waals surface area contributed by atoms with Crippen molar-refractivity contribution in [3.05, 3.63) is 51.0 Å². The second kappa shape index (κ2) is 6.06. The van der Waals surface area contributed by atoms with E-state index in [0.717, 1.165) is 27.8 Å². The minimum absolute atomic E-state index is 0.0520. The summed E-state index contributed by atoms with van der Waals surface area (Å²) in [7, 11) is 3.81. The van der Waals surface area contributed by atoms with E-state index in [-0.39, 0.29) is 11.9 Å². The molecule has 0 amide bonds. The Hall–Kier alpha value is -1.20. The van der Waals surface area contributed by atoms with E-state index in [0.29, 0.717) is 5.56 Å². The minimum Gasteiger partial charge on any atom is -0.313 e. The number of hydrogen-bond donors (Lipinski definition) is 1. The summed E-state index contributed by atoms with van der Waals surface area (Å²) in [5.41, 5.74) is 3.68. The van der Waals surface area contributed by atoms with Gasteiger partial charge in [-0.05, 0) is 54.0 Å². The van der Waals surface area contributed by atoms with Crippen LogP contribution >= 0.6 is 15.9 Å². The molecule has 1 N–H and O–H groups in total. The Bertz CT molecular complexity index is 622. The highest BCUT2D eigenvalue weighted by Crippen LogP contribution is 2.26. The number of likely N-dealkylation sites (N-methyl/N-ethyl adjacent to an activating group) is 1. The summed E-state index contributed by atoms with van der Waals surface area (Å²) in [5, 5.41) is 7.64. The normalized spacial score (nSPS) is 12.7. The van der Waals surface area contributed by atoms with E-state index in [9.17, 15) is 4.39 Å². The number of benzene rings is 1. The second-order valence-corrected chi connectivity index (χ2v) is 5.82. The molecule has 0 saturated heterocycles. The van der Waals surface area contributed by atoms with Crippen LogP contribution in [0.15, 0.2) is 22.7 Å². The van der Waals surface area contributed by atoms with Gasteiger partial charge in [0.15, 0.2) is 0 Å². The molecule has 3 nitrogen and oxygen atoms in total. The zero-order chi connectivity index (χ0) is 14.9. The lowest BCUT2D eigenvalue weighted by Crippen LogP contribution is -2.20. The average molecular weight is 340 g/mol. The highest BCUT2D eigenvalue weighted by atomic mass is 79.9. The smallest absolute Gasteiger partial charge is 0.126 e. The van der Waals surface area contributed by atoms with Gasteiger partial charge < -0.3 is 5.32 Å².